The van der Waals surface area contributed by atoms with Gasteiger partial charge in [-0.2, -0.15) is 0 Å². The fourth-order valence-corrected chi connectivity index (χ4v) is 4.69. The van der Waals surface area contributed by atoms with Crippen LogP contribution in [0.15, 0.2) is 36.5 Å². The third-order valence-electron chi connectivity index (χ3n) is 7.22. The van der Waals surface area contributed by atoms with Crippen LogP contribution in [-0.2, 0) is 14.3 Å². The quantitative estimate of drug-likeness (QED) is 0.333. The molecule has 3 N–H and O–H groups in total. The summed E-state index contributed by atoms with van der Waals surface area (Å²) in [5.41, 5.74) is 1.99. The summed E-state index contributed by atoms with van der Waals surface area (Å²) in [4.78, 5) is 37.6. The third-order valence-corrected chi connectivity index (χ3v) is 7.22. The van der Waals surface area contributed by atoms with Crippen LogP contribution in [0.3, 0.4) is 0 Å². The molecule has 9 heteroatoms. The van der Waals surface area contributed by atoms with Crippen molar-refractivity contribution < 1.29 is 19.1 Å². The van der Waals surface area contributed by atoms with Crippen LogP contribution in [0.25, 0.3) is 22.2 Å². The molecule has 1 saturated heterocycles. The van der Waals surface area contributed by atoms with Gasteiger partial charge in [0.1, 0.15) is 5.82 Å². The zero-order valence-electron chi connectivity index (χ0n) is 21.9. The van der Waals surface area contributed by atoms with Crippen LogP contribution in [0.4, 0.5) is 0 Å². The molecule has 0 bridgehead atoms. The number of pyridine rings is 1. The predicted molar refractivity (Wildman–Crippen MR) is 142 cm³/mol. The van der Waals surface area contributed by atoms with Crippen LogP contribution < -0.4 is 15.4 Å². The summed E-state index contributed by atoms with van der Waals surface area (Å²) in [7, 11) is 3.26. The fourth-order valence-electron chi connectivity index (χ4n) is 4.69. The zero-order chi connectivity index (χ0) is 26.3. The summed E-state index contributed by atoms with van der Waals surface area (Å²) in [5, 5.41) is 6.92. The Labute approximate surface area is 217 Å². The van der Waals surface area contributed by atoms with Crippen LogP contribution in [-0.4, -0.2) is 54.1 Å². The highest BCUT2D eigenvalue weighted by atomic mass is 16.5. The number of unbranched alkanes of at least 4 members (excludes halogenated alkanes) is 2. The van der Waals surface area contributed by atoms with Gasteiger partial charge in [0.25, 0.3) is 0 Å². The largest absolute Gasteiger partial charge is 0.480 e. The third kappa shape index (κ3) is 6.46. The molecule has 1 atom stereocenters. The Morgan fingerprint density at radius 2 is 1.97 bits per heavy atom. The molecule has 0 aliphatic carbocycles. The number of rotatable bonds is 11. The van der Waals surface area contributed by atoms with Crippen molar-refractivity contribution in [1.82, 2.24) is 25.6 Å². The van der Waals surface area contributed by atoms with Gasteiger partial charge in [-0.15, -0.1) is 0 Å². The van der Waals surface area contributed by atoms with E-state index < -0.39 is 5.41 Å². The standard InChI is InChI=1S/C28H37N5O4/c1-28(13-15-37-16-14-28)27(35)33-22(11-5-4-6-12-24(34)29-2)25-30-18-23(31-25)20-17-19-9-7-8-10-21(19)32-26(20)36-3/h7-10,17-18,22H,4-6,11-16H2,1-3H3,(H,29,34)(H,30,31)(H,33,35). The molecule has 3 heterocycles. The number of aromatic nitrogens is 3. The highest BCUT2D eigenvalue weighted by Crippen LogP contribution is 2.33. The van der Waals surface area contributed by atoms with Crippen LogP contribution in [0, 0.1) is 5.41 Å². The number of imidazole rings is 1. The molecule has 2 amide bonds. The van der Waals surface area contributed by atoms with Gasteiger partial charge >= 0.3 is 0 Å². The number of hydrogen-bond donors (Lipinski definition) is 3. The minimum absolute atomic E-state index is 0.0223. The minimum atomic E-state index is -0.462. The van der Waals surface area contributed by atoms with Gasteiger partial charge in [0.15, 0.2) is 0 Å². The Kier molecular flexibility index (Phi) is 8.76. The lowest BCUT2D eigenvalue weighted by Crippen LogP contribution is -2.44. The van der Waals surface area contributed by atoms with E-state index in [0.29, 0.717) is 50.6 Å². The highest BCUT2D eigenvalue weighted by molar-refractivity contribution is 5.85. The van der Waals surface area contributed by atoms with E-state index >= 15 is 0 Å². The Balaban J connectivity index is 1.54. The molecule has 1 unspecified atom stereocenters. The van der Waals surface area contributed by atoms with Crippen molar-refractivity contribution in [3.63, 3.8) is 0 Å². The molecule has 1 aliphatic rings. The summed E-state index contributed by atoms with van der Waals surface area (Å²) in [5.74, 6) is 1.28. The molecule has 1 fully saturated rings. The number of carbonyl (C=O) groups excluding carboxylic acids is 2. The summed E-state index contributed by atoms with van der Waals surface area (Å²) in [6.07, 6.45) is 6.93. The number of amides is 2. The molecule has 198 valence electrons. The molecule has 1 aromatic carbocycles. The van der Waals surface area contributed by atoms with Crippen LogP contribution in [0.2, 0.25) is 0 Å². The number of nitrogens with one attached hydrogen (secondary N) is 3. The number of fused-ring (bicyclic) bond motifs is 1. The predicted octanol–water partition coefficient (Wildman–Crippen LogP) is 4.30. The van der Waals surface area contributed by atoms with E-state index in [1.54, 1.807) is 20.4 Å². The van der Waals surface area contributed by atoms with Crippen molar-refractivity contribution in [3.8, 4) is 17.1 Å². The van der Waals surface area contributed by atoms with Gasteiger partial charge in [-0.3, -0.25) is 9.59 Å². The van der Waals surface area contributed by atoms with Gasteiger partial charge in [0.05, 0.1) is 41.5 Å². The van der Waals surface area contributed by atoms with E-state index in [0.717, 1.165) is 41.4 Å². The number of methoxy groups -OCH3 is 1. The lowest BCUT2D eigenvalue weighted by atomic mass is 9.81. The maximum atomic E-state index is 13.4. The second-order valence-electron chi connectivity index (χ2n) is 9.89. The van der Waals surface area contributed by atoms with E-state index in [4.69, 9.17) is 9.47 Å². The second-order valence-corrected chi connectivity index (χ2v) is 9.89. The van der Waals surface area contributed by atoms with E-state index in [1.165, 1.54) is 0 Å². The smallest absolute Gasteiger partial charge is 0.226 e. The molecule has 4 rings (SSSR count). The van der Waals surface area contributed by atoms with Crippen LogP contribution in [0.1, 0.15) is 63.7 Å². The Morgan fingerprint density at radius 3 is 2.73 bits per heavy atom. The van der Waals surface area contributed by atoms with Crippen LogP contribution in [0.5, 0.6) is 5.88 Å². The molecule has 9 nitrogen and oxygen atoms in total. The van der Waals surface area contributed by atoms with Crippen LogP contribution >= 0.6 is 0 Å². The number of carbonyl (C=O) groups is 2. The SMILES string of the molecule is CNC(=O)CCCCCC(NC(=O)C1(C)CCOCC1)c1ncc(-c2cc3ccccc3nc2OC)[nH]1. The van der Waals surface area contributed by atoms with Gasteiger partial charge in [-0.05, 0) is 37.8 Å². The molecule has 37 heavy (non-hydrogen) atoms. The van der Waals surface area contributed by atoms with E-state index in [-0.39, 0.29) is 17.9 Å². The number of benzene rings is 1. The van der Waals surface area contributed by atoms with Gasteiger partial charge < -0.3 is 25.1 Å². The zero-order valence-corrected chi connectivity index (χ0v) is 21.9. The average molecular weight is 508 g/mol. The molecule has 1 aliphatic heterocycles. The number of ether oxygens (including phenoxy) is 2. The molecular weight excluding hydrogens is 470 g/mol. The maximum absolute atomic E-state index is 13.4. The van der Waals surface area contributed by atoms with Crippen molar-refractivity contribution in [2.45, 2.75) is 57.9 Å². The van der Waals surface area contributed by atoms with Crippen molar-refractivity contribution in [3.05, 3.63) is 42.4 Å². The second kappa shape index (κ2) is 12.2. The number of aromatic amines is 1. The van der Waals surface area contributed by atoms with Crippen molar-refractivity contribution >= 4 is 22.7 Å². The molecule has 0 radical (unpaired) electrons. The highest BCUT2D eigenvalue weighted by Gasteiger charge is 2.36. The Bertz CT molecular complexity index is 1220. The number of nitrogens with zero attached hydrogens (tertiary/aromatic N) is 2. The summed E-state index contributed by atoms with van der Waals surface area (Å²) < 4.78 is 11.1. The van der Waals surface area contributed by atoms with E-state index in [2.05, 4.69) is 25.6 Å². The van der Waals surface area contributed by atoms with Gasteiger partial charge in [0.2, 0.25) is 17.7 Å². The fraction of sp³-hybridized carbons (Fsp3) is 0.500. The first-order valence-corrected chi connectivity index (χ1v) is 13.0. The lowest BCUT2D eigenvalue weighted by Gasteiger charge is -2.33. The van der Waals surface area contributed by atoms with Gasteiger partial charge in [-0.1, -0.05) is 38.0 Å². The lowest BCUT2D eigenvalue weighted by molar-refractivity contribution is -0.136. The Hall–Kier alpha value is -3.46. The molecule has 3 aromatic rings. The van der Waals surface area contributed by atoms with Crippen molar-refractivity contribution in [2.75, 3.05) is 27.4 Å². The van der Waals surface area contributed by atoms with Gasteiger partial charge in [-0.25, -0.2) is 9.97 Å². The minimum Gasteiger partial charge on any atom is -0.480 e. The van der Waals surface area contributed by atoms with Crippen molar-refractivity contribution in [1.29, 1.82) is 0 Å². The molecular formula is C28H37N5O4. The first-order chi connectivity index (χ1) is 17.9. The van der Waals surface area contributed by atoms with E-state index in [1.807, 2.05) is 37.3 Å². The van der Waals surface area contributed by atoms with E-state index in [9.17, 15) is 9.59 Å². The van der Waals surface area contributed by atoms with Gasteiger partial charge in [0, 0.05) is 32.1 Å². The van der Waals surface area contributed by atoms with Crippen molar-refractivity contribution in [2.24, 2.45) is 5.41 Å². The monoisotopic (exact) mass is 507 g/mol. The number of H-pyrrole nitrogens is 1. The molecule has 0 saturated carbocycles. The Morgan fingerprint density at radius 1 is 1.19 bits per heavy atom. The first kappa shape index (κ1) is 26.6. The topological polar surface area (TPSA) is 118 Å². The normalized spacial score (nSPS) is 15.8. The number of para-hydroxylation sites is 1. The summed E-state index contributed by atoms with van der Waals surface area (Å²) in [6, 6.07) is 9.65. The molecule has 0 spiro atoms. The maximum Gasteiger partial charge on any atom is 0.226 e. The average Bonchev–Trinajstić information content (AvgIpc) is 3.41. The first-order valence-electron chi connectivity index (χ1n) is 13.0. The summed E-state index contributed by atoms with van der Waals surface area (Å²) in [6.45, 7) is 3.19. The molecule has 2 aromatic heterocycles. The summed E-state index contributed by atoms with van der Waals surface area (Å²) >= 11 is 0. The number of hydrogen-bond acceptors (Lipinski definition) is 6.